The molecule has 0 aliphatic carbocycles. The van der Waals surface area contributed by atoms with Crippen molar-refractivity contribution in [3.63, 3.8) is 0 Å². The van der Waals surface area contributed by atoms with Crippen LogP contribution in [0.2, 0.25) is 5.02 Å². The van der Waals surface area contributed by atoms with E-state index in [0.717, 1.165) is 46.4 Å². The van der Waals surface area contributed by atoms with Crippen molar-refractivity contribution in [2.45, 2.75) is 31.7 Å². The molecule has 1 N–H and O–H groups in total. The van der Waals surface area contributed by atoms with Gasteiger partial charge in [-0.1, -0.05) is 41.6 Å². The van der Waals surface area contributed by atoms with Crippen LogP contribution in [0.15, 0.2) is 59.9 Å². The molecule has 4 aromatic rings. The summed E-state index contributed by atoms with van der Waals surface area (Å²) in [7, 11) is -4.35. The largest absolute Gasteiger partial charge is 0.334 e. The Morgan fingerprint density at radius 3 is 2.29 bits per heavy atom. The molecule has 38 heavy (non-hydrogen) atoms. The van der Waals surface area contributed by atoms with Crippen molar-refractivity contribution in [1.29, 1.82) is 0 Å². The van der Waals surface area contributed by atoms with E-state index in [4.69, 9.17) is 11.6 Å². The van der Waals surface area contributed by atoms with Gasteiger partial charge in [0.2, 0.25) is 0 Å². The third-order valence-electron chi connectivity index (χ3n) is 5.06. The molecule has 0 aliphatic rings. The summed E-state index contributed by atoms with van der Waals surface area (Å²) >= 11 is 7.12. The van der Waals surface area contributed by atoms with Crippen molar-refractivity contribution < 1.29 is 22.0 Å². The summed E-state index contributed by atoms with van der Waals surface area (Å²) in [4.78, 5) is 21.3. The van der Waals surface area contributed by atoms with Crippen LogP contribution in [0.3, 0.4) is 0 Å². The number of aryl methyl sites for hydroxylation is 1. The Morgan fingerprint density at radius 1 is 1.05 bits per heavy atom. The first-order valence-electron chi connectivity index (χ1n) is 11.4. The van der Waals surface area contributed by atoms with Crippen LogP contribution >= 0.6 is 23.4 Å². The van der Waals surface area contributed by atoms with Gasteiger partial charge in [-0.05, 0) is 56.7 Å². The Bertz CT molecular complexity index is 1490. The molecular formula is C24H25ClF2N6O3S2. The summed E-state index contributed by atoms with van der Waals surface area (Å²) in [6, 6.07) is 12.2. The lowest BCUT2D eigenvalue weighted by Crippen LogP contribution is -2.26. The van der Waals surface area contributed by atoms with E-state index in [1.54, 1.807) is 17.7 Å². The van der Waals surface area contributed by atoms with Crippen molar-refractivity contribution in [1.82, 2.24) is 24.5 Å². The number of amides is 1. The number of halogens is 3. The molecule has 2 heterocycles. The highest BCUT2D eigenvalue weighted by Crippen LogP contribution is 2.21. The Kier molecular flexibility index (Phi) is 10.00. The van der Waals surface area contributed by atoms with Gasteiger partial charge in [0.25, 0.3) is 26.2 Å². The van der Waals surface area contributed by atoms with Crippen molar-refractivity contribution in [2.24, 2.45) is 0 Å². The monoisotopic (exact) mass is 582 g/mol. The second-order valence-corrected chi connectivity index (χ2v) is 10.7. The van der Waals surface area contributed by atoms with Crippen molar-refractivity contribution in [3.8, 4) is 0 Å². The number of fused-ring (bicyclic) bond motifs is 1. The van der Waals surface area contributed by atoms with E-state index >= 15 is 0 Å². The van der Waals surface area contributed by atoms with Gasteiger partial charge in [0.15, 0.2) is 0 Å². The molecule has 9 nitrogen and oxygen atoms in total. The minimum absolute atomic E-state index is 0.0642. The molecule has 0 atom stereocenters. The molecule has 0 bridgehead atoms. The maximum absolute atomic E-state index is 13.5. The van der Waals surface area contributed by atoms with Crippen LogP contribution in [0.1, 0.15) is 25.1 Å². The zero-order valence-corrected chi connectivity index (χ0v) is 23.1. The third kappa shape index (κ3) is 7.62. The van der Waals surface area contributed by atoms with Gasteiger partial charge in [0.1, 0.15) is 17.3 Å². The first-order chi connectivity index (χ1) is 18.0. The molecule has 1 amide bonds. The quantitative estimate of drug-likeness (QED) is 0.304. The van der Waals surface area contributed by atoms with Crippen molar-refractivity contribution in [2.75, 3.05) is 17.8 Å². The van der Waals surface area contributed by atoms with Gasteiger partial charge in [0.05, 0.1) is 0 Å². The minimum Gasteiger partial charge on any atom is -0.334 e. The lowest BCUT2D eigenvalue weighted by atomic mass is 10.2. The van der Waals surface area contributed by atoms with E-state index < -0.39 is 32.5 Å². The van der Waals surface area contributed by atoms with Crippen LogP contribution in [0.4, 0.5) is 19.3 Å². The maximum atomic E-state index is 13.5. The number of para-hydroxylation sites is 1. The van der Waals surface area contributed by atoms with Crippen molar-refractivity contribution >= 4 is 50.1 Å². The first kappa shape index (κ1) is 29.3. The molecule has 202 valence electrons. The van der Waals surface area contributed by atoms with Gasteiger partial charge in [0, 0.05) is 35.8 Å². The number of nitrogens with one attached hydrogen (secondary N) is 1. The molecule has 14 heteroatoms. The number of hydrogen-bond donors (Lipinski definition) is 1. The highest BCUT2D eigenvalue weighted by Gasteiger charge is 2.24. The number of benzene rings is 2. The molecule has 0 fully saturated rings. The molecule has 2 aromatic carbocycles. The van der Waals surface area contributed by atoms with Gasteiger partial charge in [-0.15, -0.1) is 5.10 Å². The lowest BCUT2D eigenvalue weighted by molar-refractivity contribution is 0.228. The predicted molar refractivity (Wildman–Crippen MR) is 144 cm³/mol. The number of thioether (sulfide) groups is 1. The Morgan fingerprint density at radius 2 is 1.68 bits per heavy atom. The van der Waals surface area contributed by atoms with Crippen LogP contribution in [-0.2, 0) is 15.8 Å². The number of aromatic nitrogens is 4. The molecule has 0 radical (unpaired) electrons. The Balaban J connectivity index is 0.000000223. The molecule has 0 unspecified atom stereocenters. The number of carbonyl (C=O) groups is 1. The van der Waals surface area contributed by atoms with E-state index in [9.17, 15) is 22.0 Å². The van der Waals surface area contributed by atoms with E-state index in [1.165, 1.54) is 18.0 Å². The predicted octanol–water partition coefficient (Wildman–Crippen LogP) is 5.55. The van der Waals surface area contributed by atoms with Crippen molar-refractivity contribution in [3.05, 3.63) is 82.6 Å². The standard InChI is InChI=1S/C12H16ClNOS.C12H9F2N5O2S/c1-3-14(4-2)12(15)16-9-10-5-7-11(13)8-6-10;1-7-5-6-19-11(15-7)16-12(17-19)22(20,21)18-10-8(13)3-2-4-9(10)14/h5-8H,3-4,9H2,1-2H3;2-6,18H,1H3. The molecule has 0 saturated heterocycles. The molecule has 4 rings (SSSR count). The molecular weight excluding hydrogens is 558 g/mol. The second-order valence-electron chi connectivity index (χ2n) is 7.76. The normalized spacial score (nSPS) is 11.1. The van der Waals surface area contributed by atoms with Crippen LogP contribution in [0.25, 0.3) is 5.78 Å². The number of hydrogen-bond acceptors (Lipinski definition) is 7. The summed E-state index contributed by atoms with van der Waals surface area (Å²) in [6.45, 7) is 7.22. The fourth-order valence-electron chi connectivity index (χ4n) is 3.03. The fraction of sp³-hybridized carbons (Fsp3) is 0.250. The number of anilines is 1. The zero-order chi connectivity index (χ0) is 27.9. The zero-order valence-electron chi connectivity index (χ0n) is 20.7. The van der Waals surface area contributed by atoms with E-state index in [-0.39, 0.29) is 11.0 Å². The highest BCUT2D eigenvalue weighted by atomic mass is 35.5. The van der Waals surface area contributed by atoms with E-state index in [2.05, 4.69) is 15.1 Å². The third-order valence-corrected chi connectivity index (χ3v) is 7.43. The first-order valence-corrected chi connectivity index (χ1v) is 14.2. The number of sulfonamides is 1. The van der Waals surface area contributed by atoms with Gasteiger partial charge < -0.3 is 4.90 Å². The maximum Gasteiger partial charge on any atom is 0.299 e. The summed E-state index contributed by atoms with van der Waals surface area (Å²) in [5.41, 5.74) is 0.956. The summed E-state index contributed by atoms with van der Waals surface area (Å²) in [5.74, 6) is -1.32. The Labute approximate surface area is 228 Å². The molecule has 0 spiro atoms. The van der Waals surface area contributed by atoms with Crippen LogP contribution in [0.5, 0.6) is 0 Å². The van der Waals surface area contributed by atoms with Gasteiger partial charge >= 0.3 is 0 Å². The fourth-order valence-corrected chi connectivity index (χ4v) is 5.04. The average molecular weight is 583 g/mol. The summed E-state index contributed by atoms with van der Waals surface area (Å²) in [6.07, 6.45) is 1.48. The SMILES string of the molecule is CCN(CC)C(=O)SCc1ccc(Cl)cc1.Cc1ccn2nc(S(=O)(=O)Nc3c(F)cccc3F)nc2n1. The topological polar surface area (TPSA) is 110 Å². The van der Waals surface area contributed by atoms with Gasteiger partial charge in [-0.2, -0.15) is 13.4 Å². The average Bonchev–Trinajstić information content (AvgIpc) is 3.32. The lowest BCUT2D eigenvalue weighted by Gasteiger charge is -2.17. The van der Waals surface area contributed by atoms with Crippen LogP contribution in [0, 0.1) is 18.6 Å². The van der Waals surface area contributed by atoms with E-state index in [0.29, 0.717) is 11.4 Å². The number of rotatable bonds is 7. The molecule has 0 saturated carbocycles. The molecule has 2 aromatic heterocycles. The second kappa shape index (κ2) is 13.0. The van der Waals surface area contributed by atoms with Crippen LogP contribution in [-0.4, -0.2) is 51.2 Å². The Hall–Kier alpha value is -3.29. The van der Waals surface area contributed by atoms with E-state index in [1.807, 2.05) is 43.0 Å². The number of carbonyl (C=O) groups excluding carboxylic acids is 1. The smallest absolute Gasteiger partial charge is 0.299 e. The summed E-state index contributed by atoms with van der Waals surface area (Å²) < 4.78 is 54.3. The van der Waals surface area contributed by atoms with Gasteiger partial charge in [-0.25, -0.2) is 18.3 Å². The molecule has 0 aliphatic heterocycles. The highest BCUT2D eigenvalue weighted by molar-refractivity contribution is 8.12. The number of nitrogens with zero attached hydrogens (tertiary/aromatic N) is 5. The minimum atomic E-state index is -4.35. The summed E-state index contributed by atoms with van der Waals surface area (Å²) in [5, 5.41) is 3.96. The van der Waals surface area contributed by atoms with Crippen LogP contribution < -0.4 is 4.72 Å². The van der Waals surface area contributed by atoms with Gasteiger partial charge in [-0.3, -0.25) is 9.52 Å².